The number of halogens is 3. The van der Waals surface area contributed by atoms with Crippen LogP contribution in [0.4, 0.5) is 13.2 Å². The van der Waals surface area contributed by atoms with Gasteiger partial charge < -0.3 is 14.6 Å². The normalized spacial score (nSPS) is 14.5. The van der Waals surface area contributed by atoms with Crippen molar-refractivity contribution in [1.82, 2.24) is 0 Å². The van der Waals surface area contributed by atoms with Crippen molar-refractivity contribution in [2.75, 3.05) is 26.9 Å². The van der Waals surface area contributed by atoms with Gasteiger partial charge in [0.2, 0.25) is 0 Å². The van der Waals surface area contributed by atoms with Gasteiger partial charge in [-0.2, -0.15) is 13.2 Å². The molecule has 0 bridgehead atoms. The third kappa shape index (κ3) is 9.59. The smallest absolute Gasteiger partial charge is 0.390 e. The molecule has 0 fully saturated rings. The Bertz CT molecular complexity index is 127. The van der Waals surface area contributed by atoms with Crippen molar-refractivity contribution in [2.45, 2.75) is 18.7 Å². The highest BCUT2D eigenvalue weighted by Crippen LogP contribution is 2.21. The summed E-state index contributed by atoms with van der Waals surface area (Å²) >= 11 is 0. The SMILES string of the molecule is COCCOCC(O)CC(F)(F)F. The lowest BCUT2D eigenvalue weighted by molar-refractivity contribution is -0.160. The number of alkyl halides is 3. The number of hydrogen-bond acceptors (Lipinski definition) is 3. The zero-order chi connectivity index (χ0) is 10.3. The molecule has 0 aromatic heterocycles. The van der Waals surface area contributed by atoms with Crippen molar-refractivity contribution in [3.8, 4) is 0 Å². The standard InChI is InChI=1S/C7H13F3O3/c1-12-2-3-13-5-6(11)4-7(8,9)10/h6,11H,2-5H2,1H3. The number of hydrogen-bond donors (Lipinski definition) is 1. The maximum absolute atomic E-state index is 11.6. The topological polar surface area (TPSA) is 38.7 Å². The first-order valence-electron chi connectivity index (χ1n) is 3.77. The molecule has 0 saturated carbocycles. The summed E-state index contributed by atoms with van der Waals surface area (Å²) in [7, 11) is 1.45. The molecule has 0 aromatic rings. The predicted octanol–water partition coefficient (Wildman–Crippen LogP) is 0.963. The van der Waals surface area contributed by atoms with Crippen LogP contribution in [0.2, 0.25) is 0 Å². The molecule has 0 radical (unpaired) electrons. The van der Waals surface area contributed by atoms with Crippen molar-refractivity contribution in [2.24, 2.45) is 0 Å². The summed E-state index contributed by atoms with van der Waals surface area (Å²) in [5, 5.41) is 8.80. The van der Waals surface area contributed by atoms with Crippen LogP contribution in [0.15, 0.2) is 0 Å². The van der Waals surface area contributed by atoms with Gasteiger partial charge in [-0.1, -0.05) is 0 Å². The minimum atomic E-state index is -4.34. The summed E-state index contributed by atoms with van der Waals surface area (Å²) in [5.41, 5.74) is 0. The Morgan fingerprint density at radius 3 is 2.38 bits per heavy atom. The Morgan fingerprint density at radius 2 is 1.92 bits per heavy atom. The van der Waals surface area contributed by atoms with E-state index in [1.807, 2.05) is 0 Å². The van der Waals surface area contributed by atoms with Crippen LogP contribution < -0.4 is 0 Å². The average molecular weight is 202 g/mol. The van der Waals surface area contributed by atoms with Crippen LogP contribution in [0, 0.1) is 0 Å². The van der Waals surface area contributed by atoms with E-state index in [-0.39, 0.29) is 13.2 Å². The summed E-state index contributed by atoms with van der Waals surface area (Å²) in [5.74, 6) is 0. The van der Waals surface area contributed by atoms with Gasteiger partial charge in [0.15, 0.2) is 0 Å². The maximum atomic E-state index is 11.6. The van der Waals surface area contributed by atoms with E-state index in [0.717, 1.165) is 0 Å². The zero-order valence-electron chi connectivity index (χ0n) is 7.30. The number of methoxy groups -OCH3 is 1. The van der Waals surface area contributed by atoms with E-state index in [0.29, 0.717) is 6.61 Å². The Labute approximate surface area is 74.4 Å². The minimum Gasteiger partial charge on any atom is -0.390 e. The summed E-state index contributed by atoms with van der Waals surface area (Å²) in [4.78, 5) is 0. The van der Waals surface area contributed by atoms with Crippen molar-refractivity contribution in [1.29, 1.82) is 0 Å². The largest absolute Gasteiger partial charge is 0.391 e. The lowest BCUT2D eigenvalue weighted by Gasteiger charge is -2.12. The molecule has 1 unspecified atom stereocenters. The highest BCUT2D eigenvalue weighted by atomic mass is 19.4. The van der Waals surface area contributed by atoms with E-state index >= 15 is 0 Å². The summed E-state index contributed by atoms with van der Waals surface area (Å²) in [6.07, 6.45) is -7.07. The van der Waals surface area contributed by atoms with Gasteiger partial charge in [0.05, 0.1) is 32.3 Å². The molecule has 0 heterocycles. The highest BCUT2D eigenvalue weighted by molar-refractivity contribution is 4.60. The van der Waals surface area contributed by atoms with Gasteiger partial charge >= 0.3 is 6.18 Å². The fraction of sp³-hybridized carbons (Fsp3) is 1.00. The first-order valence-corrected chi connectivity index (χ1v) is 3.77. The van der Waals surface area contributed by atoms with Gasteiger partial charge in [0.25, 0.3) is 0 Å². The first-order chi connectivity index (χ1) is 5.95. The van der Waals surface area contributed by atoms with Crippen LogP contribution >= 0.6 is 0 Å². The van der Waals surface area contributed by atoms with Crippen LogP contribution in [0.1, 0.15) is 6.42 Å². The maximum Gasteiger partial charge on any atom is 0.391 e. The molecule has 0 saturated heterocycles. The lowest BCUT2D eigenvalue weighted by Crippen LogP contribution is -2.24. The van der Waals surface area contributed by atoms with Crippen molar-refractivity contribution >= 4 is 0 Å². The quantitative estimate of drug-likeness (QED) is 0.652. The first kappa shape index (κ1) is 12.7. The zero-order valence-corrected chi connectivity index (χ0v) is 7.30. The molecule has 3 nitrogen and oxygen atoms in total. The van der Waals surface area contributed by atoms with Crippen LogP contribution in [-0.4, -0.2) is 44.3 Å². The van der Waals surface area contributed by atoms with Gasteiger partial charge in [-0.15, -0.1) is 0 Å². The third-order valence-corrected chi connectivity index (χ3v) is 1.21. The highest BCUT2D eigenvalue weighted by Gasteiger charge is 2.30. The van der Waals surface area contributed by atoms with E-state index in [1.165, 1.54) is 7.11 Å². The van der Waals surface area contributed by atoms with Crippen LogP contribution in [0.5, 0.6) is 0 Å². The van der Waals surface area contributed by atoms with Crippen LogP contribution in [0.3, 0.4) is 0 Å². The second-order valence-electron chi connectivity index (χ2n) is 2.54. The van der Waals surface area contributed by atoms with E-state index < -0.39 is 18.7 Å². The molecule has 1 N–H and O–H groups in total. The molecule has 6 heteroatoms. The Balaban J connectivity index is 3.35. The van der Waals surface area contributed by atoms with Gasteiger partial charge in [-0.25, -0.2) is 0 Å². The Morgan fingerprint density at radius 1 is 1.31 bits per heavy atom. The number of ether oxygens (including phenoxy) is 2. The van der Waals surface area contributed by atoms with Gasteiger partial charge in [-0.3, -0.25) is 0 Å². The molecule has 0 aliphatic heterocycles. The molecule has 1 atom stereocenters. The lowest BCUT2D eigenvalue weighted by atomic mass is 10.2. The molecule has 0 amide bonds. The van der Waals surface area contributed by atoms with E-state index in [2.05, 4.69) is 4.74 Å². The summed E-state index contributed by atoms with van der Waals surface area (Å²) < 4.78 is 44.2. The molecule has 13 heavy (non-hydrogen) atoms. The minimum absolute atomic E-state index is 0.186. The third-order valence-electron chi connectivity index (χ3n) is 1.21. The molecule has 80 valence electrons. The number of rotatable bonds is 6. The van der Waals surface area contributed by atoms with E-state index in [9.17, 15) is 13.2 Å². The summed E-state index contributed by atoms with van der Waals surface area (Å²) in [6, 6.07) is 0. The number of aliphatic hydroxyl groups excluding tert-OH is 1. The fourth-order valence-electron chi connectivity index (χ4n) is 0.688. The second kappa shape index (κ2) is 6.17. The summed E-state index contributed by atoms with van der Waals surface area (Å²) in [6.45, 7) is 0.174. The predicted molar refractivity (Wildman–Crippen MR) is 39.4 cm³/mol. The Hall–Kier alpha value is -0.330. The van der Waals surface area contributed by atoms with Gasteiger partial charge in [0, 0.05) is 7.11 Å². The van der Waals surface area contributed by atoms with Crippen molar-refractivity contribution in [3.05, 3.63) is 0 Å². The van der Waals surface area contributed by atoms with Crippen molar-refractivity contribution < 1.29 is 27.8 Å². The molecule has 0 aliphatic carbocycles. The van der Waals surface area contributed by atoms with Crippen molar-refractivity contribution in [3.63, 3.8) is 0 Å². The monoisotopic (exact) mass is 202 g/mol. The van der Waals surface area contributed by atoms with E-state index in [4.69, 9.17) is 9.84 Å². The molecular weight excluding hydrogens is 189 g/mol. The van der Waals surface area contributed by atoms with Crippen LogP contribution in [-0.2, 0) is 9.47 Å². The second-order valence-corrected chi connectivity index (χ2v) is 2.54. The molecule has 0 aliphatic rings. The van der Waals surface area contributed by atoms with Crippen LogP contribution in [0.25, 0.3) is 0 Å². The number of aliphatic hydroxyl groups is 1. The molecule has 0 rings (SSSR count). The molecule has 0 spiro atoms. The fourth-order valence-corrected chi connectivity index (χ4v) is 0.688. The Kier molecular flexibility index (Phi) is 6.02. The molecular formula is C7H13F3O3. The van der Waals surface area contributed by atoms with E-state index in [1.54, 1.807) is 0 Å². The average Bonchev–Trinajstić information content (AvgIpc) is 1.94. The van der Waals surface area contributed by atoms with Gasteiger partial charge in [-0.05, 0) is 0 Å². The van der Waals surface area contributed by atoms with Gasteiger partial charge in [0.1, 0.15) is 0 Å². The molecule has 0 aromatic carbocycles.